The van der Waals surface area contributed by atoms with E-state index in [-0.39, 0.29) is 11.6 Å². The van der Waals surface area contributed by atoms with Gasteiger partial charge in [-0.05, 0) is 42.8 Å². The van der Waals surface area contributed by atoms with Crippen molar-refractivity contribution in [3.05, 3.63) is 89.5 Å². The molecular formula is C24H25N3O3. The van der Waals surface area contributed by atoms with Gasteiger partial charge in [0, 0.05) is 24.8 Å². The van der Waals surface area contributed by atoms with E-state index in [0.29, 0.717) is 23.6 Å². The summed E-state index contributed by atoms with van der Waals surface area (Å²) >= 11 is 0. The number of nitrogens with one attached hydrogen (secondary N) is 2. The van der Waals surface area contributed by atoms with E-state index in [2.05, 4.69) is 34.8 Å². The van der Waals surface area contributed by atoms with Crippen LogP contribution in [-0.4, -0.2) is 25.8 Å². The first kappa shape index (κ1) is 20.9. The number of anilines is 1. The number of nitrogens with zero attached hydrogens (tertiary/aromatic N) is 1. The summed E-state index contributed by atoms with van der Waals surface area (Å²) in [5.74, 6) is 0.848. The Bertz CT molecular complexity index is 1050. The van der Waals surface area contributed by atoms with Crippen molar-refractivity contribution in [3.63, 3.8) is 0 Å². The summed E-state index contributed by atoms with van der Waals surface area (Å²) in [5.41, 5.74) is 3.90. The number of rotatable bonds is 8. The zero-order valence-electron chi connectivity index (χ0n) is 17.3. The third kappa shape index (κ3) is 5.17. The van der Waals surface area contributed by atoms with E-state index in [1.165, 1.54) is 12.7 Å². The number of para-hydroxylation sites is 2. The molecule has 0 aliphatic rings. The number of ether oxygens (including phenoxy) is 1. The SMILES string of the molecule is CNC(=O)C(=NOC)c1ccccc1Oc1ccccc1CNc1cccc(C)c1. The fourth-order valence-electron chi connectivity index (χ4n) is 2.99. The number of oxime groups is 1. The third-order valence-electron chi connectivity index (χ3n) is 4.46. The van der Waals surface area contributed by atoms with Gasteiger partial charge in [0.2, 0.25) is 0 Å². The van der Waals surface area contributed by atoms with Gasteiger partial charge in [0.05, 0.1) is 5.56 Å². The summed E-state index contributed by atoms with van der Waals surface area (Å²) in [4.78, 5) is 17.1. The molecule has 6 nitrogen and oxygen atoms in total. The fourth-order valence-corrected chi connectivity index (χ4v) is 2.99. The van der Waals surface area contributed by atoms with Crippen LogP contribution >= 0.6 is 0 Å². The first-order valence-corrected chi connectivity index (χ1v) is 9.61. The van der Waals surface area contributed by atoms with E-state index in [0.717, 1.165) is 11.3 Å². The lowest BCUT2D eigenvalue weighted by atomic mass is 10.1. The minimum atomic E-state index is -0.359. The highest BCUT2D eigenvalue weighted by atomic mass is 16.6. The van der Waals surface area contributed by atoms with Gasteiger partial charge >= 0.3 is 0 Å². The van der Waals surface area contributed by atoms with E-state index in [9.17, 15) is 4.79 Å². The molecule has 0 fully saturated rings. The van der Waals surface area contributed by atoms with Gasteiger partial charge in [-0.2, -0.15) is 0 Å². The van der Waals surface area contributed by atoms with Gasteiger partial charge in [-0.3, -0.25) is 4.79 Å². The molecule has 0 aliphatic carbocycles. The molecule has 3 rings (SSSR count). The zero-order valence-corrected chi connectivity index (χ0v) is 17.3. The number of carbonyl (C=O) groups excluding carboxylic acids is 1. The van der Waals surface area contributed by atoms with Crippen LogP contribution in [0.5, 0.6) is 11.5 Å². The Hall–Kier alpha value is -3.80. The Morgan fingerprint density at radius 1 is 0.967 bits per heavy atom. The highest BCUT2D eigenvalue weighted by Gasteiger charge is 2.19. The lowest BCUT2D eigenvalue weighted by Gasteiger charge is -2.15. The van der Waals surface area contributed by atoms with Crippen LogP contribution in [0.15, 0.2) is 78.0 Å². The van der Waals surface area contributed by atoms with Gasteiger partial charge in [0.15, 0.2) is 5.71 Å². The van der Waals surface area contributed by atoms with Gasteiger partial charge < -0.3 is 20.2 Å². The largest absolute Gasteiger partial charge is 0.456 e. The molecule has 0 radical (unpaired) electrons. The number of aryl methyl sites for hydroxylation is 1. The van der Waals surface area contributed by atoms with E-state index < -0.39 is 0 Å². The van der Waals surface area contributed by atoms with Gasteiger partial charge in [-0.15, -0.1) is 0 Å². The molecule has 2 N–H and O–H groups in total. The number of benzene rings is 3. The molecule has 1 amide bonds. The van der Waals surface area contributed by atoms with Crippen molar-refractivity contribution in [1.29, 1.82) is 0 Å². The van der Waals surface area contributed by atoms with Gasteiger partial charge in [0.1, 0.15) is 18.6 Å². The minimum Gasteiger partial charge on any atom is -0.456 e. The first-order chi connectivity index (χ1) is 14.6. The maximum absolute atomic E-state index is 12.3. The molecule has 0 aliphatic heterocycles. The lowest BCUT2D eigenvalue weighted by Crippen LogP contribution is -2.28. The quantitative estimate of drug-likeness (QED) is 0.429. The van der Waals surface area contributed by atoms with Crippen molar-refractivity contribution in [2.75, 3.05) is 19.5 Å². The van der Waals surface area contributed by atoms with Crippen LogP contribution in [0.2, 0.25) is 0 Å². The lowest BCUT2D eigenvalue weighted by molar-refractivity contribution is -0.114. The molecule has 154 valence electrons. The highest BCUT2D eigenvalue weighted by molar-refractivity contribution is 6.45. The second kappa shape index (κ2) is 10.1. The maximum Gasteiger partial charge on any atom is 0.273 e. The molecule has 6 heteroatoms. The van der Waals surface area contributed by atoms with Crippen LogP contribution < -0.4 is 15.4 Å². The molecule has 30 heavy (non-hydrogen) atoms. The van der Waals surface area contributed by atoms with E-state index in [4.69, 9.17) is 9.57 Å². The Morgan fingerprint density at radius 2 is 1.70 bits per heavy atom. The van der Waals surface area contributed by atoms with Crippen LogP contribution in [0.4, 0.5) is 5.69 Å². The van der Waals surface area contributed by atoms with Crippen molar-refractivity contribution in [3.8, 4) is 11.5 Å². The Kier molecular flexibility index (Phi) is 7.05. The number of amides is 1. The van der Waals surface area contributed by atoms with E-state index >= 15 is 0 Å². The number of hydrogen-bond donors (Lipinski definition) is 2. The molecule has 0 saturated carbocycles. The van der Waals surface area contributed by atoms with Crippen LogP contribution in [0.3, 0.4) is 0 Å². The summed E-state index contributed by atoms with van der Waals surface area (Å²) in [6.07, 6.45) is 0. The number of carbonyl (C=O) groups is 1. The van der Waals surface area contributed by atoms with Crippen molar-refractivity contribution < 1.29 is 14.4 Å². The molecule has 0 unspecified atom stereocenters. The molecular weight excluding hydrogens is 378 g/mol. The molecule has 3 aromatic rings. The van der Waals surface area contributed by atoms with Crippen molar-refractivity contribution in [2.24, 2.45) is 5.16 Å². The van der Waals surface area contributed by atoms with Gasteiger partial charge in [-0.1, -0.05) is 47.6 Å². The van der Waals surface area contributed by atoms with Gasteiger partial charge in [-0.25, -0.2) is 0 Å². The predicted molar refractivity (Wildman–Crippen MR) is 119 cm³/mol. The monoisotopic (exact) mass is 403 g/mol. The second-order valence-electron chi connectivity index (χ2n) is 6.63. The predicted octanol–water partition coefficient (Wildman–Crippen LogP) is 4.50. The van der Waals surface area contributed by atoms with E-state index in [1.807, 2.05) is 48.5 Å². The molecule has 0 bridgehead atoms. The number of likely N-dealkylation sites (N-methyl/N-ethyl adjacent to an activating group) is 1. The summed E-state index contributed by atoms with van der Waals surface area (Å²) < 4.78 is 6.22. The zero-order chi connectivity index (χ0) is 21.3. The Labute approximate surface area is 176 Å². The Morgan fingerprint density at radius 3 is 2.43 bits per heavy atom. The Balaban J connectivity index is 1.87. The van der Waals surface area contributed by atoms with Crippen molar-refractivity contribution in [1.82, 2.24) is 5.32 Å². The summed E-state index contributed by atoms with van der Waals surface area (Å²) in [6, 6.07) is 23.2. The summed E-state index contributed by atoms with van der Waals surface area (Å²) in [5, 5.41) is 9.89. The topological polar surface area (TPSA) is 72.0 Å². The van der Waals surface area contributed by atoms with Crippen LogP contribution in [-0.2, 0) is 16.2 Å². The molecule has 0 aromatic heterocycles. The average Bonchev–Trinajstić information content (AvgIpc) is 2.77. The fraction of sp³-hybridized carbons (Fsp3) is 0.167. The van der Waals surface area contributed by atoms with Crippen molar-refractivity contribution >= 4 is 17.3 Å². The molecule has 0 spiro atoms. The smallest absolute Gasteiger partial charge is 0.273 e. The molecule has 0 saturated heterocycles. The van der Waals surface area contributed by atoms with Crippen LogP contribution in [0, 0.1) is 6.92 Å². The average molecular weight is 403 g/mol. The van der Waals surface area contributed by atoms with E-state index in [1.54, 1.807) is 19.2 Å². The second-order valence-corrected chi connectivity index (χ2v) is 6.63. The van der Waals surface area contributed by atoms with Crippen molar-refractivity contribution in [2.45, 2.75) is 13.5 Å². The molecule has 3 aromatic carbocycles. The molecule has 0 atom stereocenters. The summed E-state index contributed by atoms with van der Waals surface area (Å²) in [7, 11) is 2.95. The third-order valence-corrected chi connectivity index (χ3v) is 4.46. The minimum absolute atomic E-state index is 0.144. The van der Waals surface area contributed by atoms with Crippen LogP contribution in [0.25, 0.3) is 0 Å². The number of hydrogen-bond acceptors (Lipinski definition) is 5. The highest BCUT2D eigenvalue weighted by Crippen LogP contribution is 2.29. The summed E-state index contributed by atoms with van der Waals surface area (Å²) in [6.45, 7) is 2.65. The van der Waals surface area contributed by atoms with Crippen LogP contribution in [0.1, 0.15) is 16.7 Å². The first-order valence-electron chi connectivity index (χ1n) is 9.61. The molecule has 0 heterocycles. The standard InChI is InChI=1S/C24H25N3O3/c1-17-9-8-11-19(15-17)26-16-18-10-4-6-13-21(18)30-22-14-7-5-12-20(22)23(27-29-3)24(28)25-2/h4-15,26H,16H2,1-3H3,(H,25,28). The normalized spacial score (nSPS) is 11.0. The maximum atomic E-state index is 12.3. The van der Waals surface area contributed by atoms with Gasteiger partial charge in [0.25, 0.3) is 5.91 Å².